The molecule has 0 fully saturated rings. The number of carbonyl (C=O) groups is 1. The Morgan fingerprint density at radius 3 is 2.61 bits per heavy atom. The zero-order valence-corrected chi connectivity index (χ0v) is 18.4. The SMILES string of the molecule is Cc1c(-c2nc(C(N)=O)cs2)cccc1-n1ncc2cc(C(C)(C)C)cc(F)c2c1=O. The second-order valence-electron chi connectivity index (χ2n) is 8.39. The molecule has 0 radical (unpaired) electrons. The zero-order chi connectivity index (χ0) is 22.5. The van der Waals surface area contributed by atoms with Crippen molar-refractivity contribution in [1.82, 2.24) is 14.8 Å². The summed E-state index contributed by atoms with van der Waals surface area (Å²) in [4.78, 5) is 28.8. The van der Waals surface area contributed by atoms with Crippen molar-refractivity contribution >= 4 is 28.0 Å². The Labute approximate surface area is 182 Å². The van der Waals surface area contributed by atoms with Gasteiger partial charge in [0.1, 0.15) is 16.5 Å². The average Bonchev–Trinajstić information content (AvgIpc) is 3.18. The molecule has 158 valence electrons. The molecule has 0 aliphatic rings. The normalized spacial score (nSPS) is 11.8. The number of hydrogen-bond donors (Lipinski definition) is 1. The minimum absolute atomic E-state index is 0.00179. The topological polar surface area (TPSA) is 90.9 Å². The molecule has 0 spiro atoms. The first-order valence-corrected chi connectivity index (χ1v) is 10.5. The highest BCUT2D eigenvalue weighted by molar-refractivity contribution is 7.13. The van der Waals surface area contributed by atoms with E-state index in [1.807, 2.05) is 33.8 Å². The van der Waals surface area contributed by atoms with Crippen molar-refractivity contribution in [3.05, 3.63) is 74.9 Å². The molecular formula is C23H21FN4O2S. The highest BCUT2D eigenvalue weighted by atomic mass is 32.1. The van der Waals surface area contributed by atoms with Crippen LogP contribution in [-0.4, -0.2) is 20.7 Å². The van der Waals surface area contributed by atoms with Crippen molar-refractivity contribution < 1.29 is 9.18 Å². The summed E-state index contributed by atoms with van der Waals surface area (Å²) < 4.78 is 16.2. The van der Waals surface area contributed by atoms with Crippen LogP contribution in [0, 0.1) is 12.7 Å². The summed E-state index contributed by atoms with van der Waals surface area (Å²) in [5, 5.41) is 6.97. The Morgan fingerprint density at radius 1 is 1.23 bits per heavy atom. The van der Waals surface area contributed by atoms with E-state index in [2.05, 4.69) is 10.1 Å². The monoisotopic (exact) mass is 436 g/mol. The average molecular weight is 437 g/mol. The summed E-state index contributed by atoms with van der Waals surface area (Å²) in [6, 6.07) is 8.56. The Bertz CT molecular complexity index is 1400. The number of halogens is 1. The van der Waals surface area contributed by atoms with Crippen LogP contribution in [0.25, 0.3) is 27.0 Å². The van der Waals surface area contributed by atoms with Crippen molar-refractivity contribution in [2.24, 2.45) is 5.73 Å². The third-order valence-electron chi connectivity index (χ3n) is 5.23. The molecular weight excluding hydrogens is 415 g/mol. The van der Waals surface area contributed by atoms with E-state index in [-0.39, 0.29) is 16.5 Å². The second-order valence-corrected chi connectivity index (χ2v) is 9.24. The van der Waals surface area contributed by atoms with Crippen molar-refractivity contribution in [1.29, 1.82) is 0 Å². The lowest BCUT2D eigenvalue weighted by Crippen LogP contribution is -2.23. The van der Waals surface area contributed by atoms with Crippen LogP contribution in [0.3, 0.4) is 0 Å². The van der Waals surface area contributed by atoms with Crippen LogP contribution in [0.5, 0.6) is 0 Å². The van der Waals surface area contributed by atoms with Gasteiger partial charge in [-0.3, -0.25) is 9.59 Å². The number of primary amides is 1. The number of aromatic nitrogens is 3. The predicted molar refractivity (Wildman–Crippen MR) is 120 cm³/mol. The van der Waals surface area contributed by atoms with Gasteiger partial charge in [-0.1, -0.05) is 32.9 Å². The van der Waals surface area contributed by atoms with E-state index in [1.165, 1.54) is 28.3 Å². The highest BCUT2D eigenvalue weighted by Gasteiger charge is 2.20. The van der Waals surface area contributed by atoms with Gasteiger partial charge in [-0.2, -0.15) is 9.78 Å². The van der Waals surface area contributed by atoms with Crippen LogP contribution < -0.4 is 11.3 Å². The van der Waals surface area contributed by atoms with Gasteiger partial charge < -0.3 is 5.73 Å². The first-order chi connectivity index (χ1) is 14.6. The van der Waals surface area contributed by atoms with E-state index in [1.54, 1.807) is 23.6 Å². The quantitative estimate of drug-likeness (QED) is 0.517. The Kier molecular flexibility index (Phi) is 4.97. The second kappa shape index (κ2) is 7.39. The van der Waals surface area contributed by atoms with Gasteiger partial charge in [-0.05, 0) is 41.7 Å². The maximum atomic E-state index is 15.0. The van der Waals surface area contributed by atoms with E-state index in [0.29, 0.717) is 16.1 Å². The number of rotatable bonds is 3. The van der Waals surface area contributed by atoms with Crippen LogP contribution in [0.15, 0.2) is 46.7 Å². The molecule has 0 saturated carbocycles. The van der Waals surface area contributed by atoms with Crippen LogP contribution in [-0.2, 0) is 5.41 Å². The molecule has 4 rings (SSSR count). The first kappa shape index (κ1) is 20.9. The summed E-state index contributed by atoms with van der Waals surface area (Å²) in [7, 11) is 0. The van der Waals surface area contributed by atoms with Gasteiger partial charge in [0, 0.05) is 16.3 Å². The standard InChI is InChI=1S/C23H21FN4O2S/c1-12-15(21-27-17(11-31-21)20(25)29)6-5-7-18(12)28-22(30)19-13(10-26-28)8-14(9-16(19)24)23(2,3)4/h5-11H,1-4H3,(H2,25,29). The van der Waals surface area contributed by atoms with Crippen LogP contribution >= 0.6 is 11.3 Å². The maximum absolute atomic E-state index is 15.0. The van der Waals surface area contributed by atoms with Gasteiger partial charge in [0.25, 0.3) is 11.5 Å². The number of carbonyl (C=O) groups excluding carboxylic acids is 1. The number of nitrogens with two attached hydrogens (primary N) is 1. The zero-order valence-electron chi connectivity index (χ0n) is 17.6. The van der Waals surface area contributed by atoms with Crippen molar-refractivity contribution in [3.8, 4) is 16.3 Å². The molecule has 6 nitrogen and oxygen atoms in total. The third kappa shape index (κ3) is 3.63. The number of fused-ring (bicyclic) bond motifs is 1. The minimum atomic E-state index is -0.603. The van der Waals surface area contributed by atoms with Gasteiger partial charge in [0.15, 0.2) is 0 Å². The third-order valence-corrected chi connectivity index (χ3v) is 6.10. The molecule has 2 aromatic heterocycles. The molecule has 0 saturated heterocycles. The van der Waals surface area contributed by atoms with Crippen LogP contribution in [0.1, 0.15) is 42.4 Å². The molecule has 31 heavy (non-hydrogen) atoms. The number of hydrogen-bond acceptors (Lipinski definition) is 5. The summed E-state index contributed by atoms with van der Waals surface area (Å²) in [6.07, 6.45) is 1.51. The smallest absolute Gasteiger partial charge is 0.282 e. The summed E-state index contributed by atoms with van der Waals surface area (Å²) in [5.41, 5.74) is 7.47. The Morgan fingerprint density at radius 2 is 1.97 bits per heavy atom. The van der Waals surface area contributed by atoms with Crippen LogP contribution in [0.4, 0.5) is 4.39 Å². The van der Waals surface area contributed by atoms with Gasteiger partial charge in [-0.25, -0.2) is 9.37 Å². The number of thiazole rings is 1. The fourth-order valence-corrected chi connectivity index (χ4v) is 4.32. The predicted octanol–water partition coefficient (Wildman–Crippen LogP) is 4.35. The first-order valence-electron chi connectivity index (χ1n) is 9.65. The Balaban J connectivity index is 1.89. The van der Waals surface area contributed by atoms with Gasteiger partial charge >= 0.3 is 0 Å². The summed E-state index contributed by atoms with van der Waals surface area (Å²) >= 11 is 1.28. The largest absolute Gasteiger partial charge is 0.364 e. The highest BCUT2D eigenvalue weighted by Crippen LogP contribution is 2.30. The Hall–Kier alpha value is -3.39. The minimum Gasteiger partial charge on any atom is -0.364 e. The summed E-state index contributed by atoms with van der Waals surface area (Å²) in [6.45, 7) is 7.78. The molecule has 2 aromatic carbocycles. The molecule has 0 unspecified atom stereocenters. The van der Waals surface area contributed by atoms with Crippen molar-refractivity contribution in [2.45, 2.75) is 33.1 Å². The molecule has 1 amide bonds. The van der Waals surface area contributed by atoms with E-state index >= 15 is 0 Å². The maximum Gasteiger partial charge on any atom is 0.282 e. The summed E-state index contributed by atoms with van der Waals surface area (Å²) in [5.74, 6) is -1.17. The molecule has 4 aromatic rings. The lowest BCUT2D eigenvalue weighted by Gasteiger charge is -2.20. The van der Waals surface area contributed by atoms with E-state index in [9.17, 15) is 14.0 Å². The van der Waals surface area contributed by atoms with Gasteiger partial charge in [0.05, 0.1) is 17.3 Å². The van der Waals surface area contributed by atoms with E-state index < -0.39 is 17.3 Å². The molecule has 0 bridgehead atoms. The lowest BCUT2D eigenvalue weighted by molar-refractivity contribution is 0.0996. The van der Waals surface area contributed by atoms with Gasteiger partial charge in [-0.15, -0.1) is 11.3 Å². The van der Waals surface area contributed by atoms with Crippen LogP contribution in [0.2, 0.25) is 0 Å². The van der Waals surface area contributed by atoms with Crippen molar-refractivity contribution in [2.75, 3.05) is 0 Å². The fraction of sp³-hybridized carbons (Fsp3) is 0.217. The number of nitrogens with zero attached hydrogens (tertiary/aromatic N) is 3. The molecule has 0 aliphatic heterocycles. The molecule has 8 heteroatoms. The molecule has 0 atom stereocenters. The number of amides is 1. The van der Waals surface area contributed by atoms with E-state index in [0.717, 1.165) is 16.7 Å². The van der Waals surface area contributed by atoms with Gasteiger partial charge in [0.2, 0.25) is 0 Å². The fourth-order valence-electron chi connectivity index (χ4n) is 3.43. The number of benzene rings is 2. The lowest BCUT2D eigenvalue weighted by atomic mass is 9.86. The molecule has 2 N–H and O–H groups in total. The molecule has 2 heterocycles. The van der Waals surface area contributed by atoms with Crippen molar-refractivity contribution in [3.63, 3.8) is 0 Å². The van der Waals surface area contributed by atoms with E-state index in [4.69, 9.17) is 5.73 Å². The molecule has 0 aliphatic carbocycles.